The van der Waals surface area contributed by atoms with E-state index in [1.165, 1.54) is 42.5 Å². The van der Waals surface area contributed by atoms with Crippen LogP contribution in [0.25, 0.3) is 0 Å². The van der Waals surface area contributed by atoms with Crippen molar-refractivity contribution in [1.82, 2.24) is 5.32 Å². The first-order valence-corrected chi connectivity index (χ1v) is 10.0. The molecule has 0 bridgehead atoms. The monoisotopic (exact) mass is 474 g/mol. The Morgan fingerprint density at radius 2 is 1.74 bits per heavy atom. The molecule has 31 heavy (non-hydrogen) atoms. The van der Waals surface area contributed by atoms with Crippen LogP contribution in [0.2, 0.25) is 5.02 Å². The number of carboxylic acid groups (broad SMARTS) is 2. The zero-order valence-electron chi connectivity index (χ0n) is 15.6. The van der Waals surface area contributed by atoms with E-state index < -0.39 is 34.1 Å². The minimum absolute atomic E-state index is 0.0491. The molecule has 0 saturated carbocycles. The predicted octanol–water partition coefficient (Wildman–Crippen LogP) is 1.09. The molecule has 0 spiro atoms. The first-order valence-electron chi connectivity index (χ1n) is 8.20. The lowest BCUT2D eigenvalue weighted by atomic mass is 10.2. The Hall–Kier alpha value is -3.39. The minimum atomic E-state index is -4.11. The normalized spacial score (nSPS) is 11.5. The van der Waals surface area contributed by atoms with Crippen LogP contribution in [-0.2, 0) is 14.9 Å². The average molecular weight is 475 g/mol. The number of nitrogens with one attached hydrogen (secondary N) is 2. The first kappa shape index (κ1) is 25.6. The maximum absolute atomic E-state index is 11.5. The number of carboxylic acids is 2. The fraction of sp³-hybridized carbons (Fsp3) is 0.118. The SMILES string of the molecule is N[C@@H](CNC(=O)Nc1cc(C(=O)O)ccc1Cl)C(=O)O.Nc1cccc(S(=O)(=O)O)c1. The molecular weight excluding hydrogens is 456 g/mol. The number of hydrogen-bond donors (Lipinski definition) is 7. The number of carbonyl (C=O) groups excluding carboxylic acids is 1. The van der Waals surface area contributed by atoms with Gasteiger partial charge in [0, 0.05) is 12.2 Å². The molecule has 2 aromatic rings. The lowest BCUT2D eigenvalue weighted by molar-refractivity contribution is -0.138. The molecule has 0 aliphatic carbocycles. The van der Waals surface area contributed by atoms with Gasteiger partial charge in [-0.2, -0.15) is 8.42 Å². The van der Waals surface area contributed by atoms with Crippen molar-refractivity contribution in [2.75, 3.05) is 17.6 Å². The van der Waals surface area contributed by atoms with Gasteiger partial charge < -0.3 is 32.3 Å². The molecule has 0 radical (unpaired) electrons. The summed E-state index contributed by atoms with van der Waals surface area (Å²) < 4.78 is 29.5. The molecule has 0 aliphatic rings. The van der Waals surface area contributed by atoms with Gasteiger partial charge in [0.1, 0.15) is 6.04 Å². The van der Waals surface area contributed by atoms with E-state index in [1.807, 2.05) is 0 Å². The van der Waals surface area contributed by atoms with Gasteiger partial charge in [0.15, 0.2) is 0 Å². The van der Waals surface area contributed by atoms with Gasteiger partial charge >= 0.3 is 18.0 Å². The molecule has 14 heteroatoms. The number of nitrogen functional groups attached to an aromatic ring is 1. The minimum Gasteiger partial charge on any atom is -0.480 e. The highest BCUT2D eigenvalue weighted by Gasteiger charge is 2.14. The Bertz CT molecular complexity index is 1080. The lowest BCUT2D eigenvalue weighted by Gasteiger charge is -2.11. The van der Waals surface area contributed by atoms with Gasteiger partial charge in [0.05, 0.1) is 21.2 Å². The van der Waals surface area contributed by atoms with Crippen molar-refractivity contribution < 1.29 is 37.6 Å². The topological polar surface area (TPSA) is 222 Å². The van der Waals surface area contributed by atoms with Crippen LogP contribution in [0.15, 0.2) is 47.4 Å². The lowest BCUT2D eigenvalue weighted by Crippen LogP contribution is -2.43. The molecule has 1 atom stereocenters. The second-order valence-electron chi connectivity index (χ2n) is 5.83. The van der Waals surface area contributed by atoms with Crippen LogP contribution in [0, 0.1) is 0 Å². The molecule has 12 nitrogen and oxygen atoms in total. The number of rotatable bonds is 6. The van der Waals surface area contributed by atoms with Crippen LogP contribution >= 0.6 is 11.6 Å². The Labute approximate surface area is 181 Å². The van der Waals surface area contributed by atoms with Gasteiger partial charge in [-0.05, 0) is 36.4 Å². The summed E-state index contributed by atoms with van der Waals surface area (Å²) in [6, 6.07) is 7.26. The van der Waals surface area contributed by atoms with Crippen LogP contribution in [0.1, 0.15) is 10.4 Å². The van der Waals surface area contributed by atoms with Crippen LogP contribution in [0.4, 0.5) is 16.2 Å². The molecule has 0 heterocycles. The molecule has 2 rings (SSSR count). The zero-order chi connectivity index (χ0) is 23.8. The molecule has 0 fully saturated rings. The Kier molecular flexibility index (Phi) is 9.20. The number of aliphatic carboxylic acids is 1. The maximum Gasteiger partial charge on any atom is 0.335 e. The molecule has 0 aromatic heterocycles. The standard InChI is InChI=1S/C11H12ClN3O5.C6H7NO3S/c12-6-2-1-5(9(16)17)3-8(6)15-11(20)14-4-7(13)10(18)19;7-5-2-1-3-6(4-5)11(8,9)10/h1-3,7H,4,13H2,(H,16,17)(H,18,19)(H2,14,15,20);1-4H,7H2,(H,8,9,10)/t7-;/m0./s1. The summed E-state index contributed by atoms with van der Waals surface area (Å²) in [6.45, 7) is -0.280. The fourth-order valence-corrected chi connectivity index (χ4v) is 2.59. The van der Waals surface area contributed by atoms with E-state index in [4.69, 9.17) is 37.8 Å². The highest BCUT2D eigenvalue weighted by molar-refractivity contribution is 7.85. The van der Waals surface area contributed by atoms with Crippen molar-refractivity contribution >= 4 is 51.1 Å². The number of carbonyl (C=O) groups is 3. The first-order chi connectivity index (χ1) is 14.3. The van der Waals surface area contributed by atoms with Crippen molar-refractivity contribution in [2.45, 2.75) is 10.9 Å². The van der Waals surface area contributed by atoms with Crippen LogP contribution in [-0.4, -0.2) is 53.7 Å². The van der Waals surface area contributed by atoms with Gasteiger partial charge in [0.2, 0.25) is 0 Å². The van der Waals surface area contributed by atoms with Gasteiger partial charge in [0.25, 0.3) is 10.1 Å². The van der Waals surface area contributed by atoms with E-state index in [1.54, 1.807) is 0 Å². The number of halogens is 1. The highest BCUT2D eigenvalue weighted by Crippen LogP contribution is 2.23. The number of hydrogen-bond acceptors (Lipinski definition) is 7. The number of benzene rings is 2. The largest absolute Gasteiger partial charge is 0.480 e. The number of anilines is 2. The van der Waals surface area contributed by atoms with Gasteiger partial charge in [-0.25, -0.2) is 9.59 Å². The van der Waals surface area contributed by atoms with E-state index in [9.17, 15) is 22.8 Å². The summed E-state index contributed by atoms with van der Waals surface area (Å²) in [5.74, 6) is -2.42. The van der Waals surface area contributed by atoms with Gasteiger partial charge in [-0.3, -0.25) is 9.35 Å². The Balaban J connectivity index is 0.000000367. The number of aromatic carboxylic acids is 1. The molecule has 9 N–H and O–H groups in total. The molecule has 168 valence electrons. The van der Waals surface area contributed by atoms with Crippen molar-refractivity contribution in [1.29, 1.82) is 0 Å². The quantitative estimate of drug-likeness (QED) is 0.233. The van der Waals surface area contributed by atoms with Gasteiger partial charge in [-0.15, -0.1) is 0 Å². The van der Waals surface area contributed by atoms with E-state index in [-0.39, 0.29) is 27.7 Å². The van der Waals surface area contributed by atoms with E-state index in [0.717, 1.165) is 0 Å². The molecule has 0 aliphatic heterocycles. The van der Waals surface area contributed by atoms with Crippen LogP contribution in [0.3, 0.4) is 0 Å². The third-order valence-electron chi connectivity index (χ3n) is 3.42. The van der Waals surface area contributed by atoms with Gasteiger partial charge in [-0.1, -0.05) is 17.7 Å². The number of urea groups is 1. The summed E-state index contributed by atoms with van der Waals surface area (Å²) in [5.41, 5.74) is 10.8. The summed E-state index contributed by atoms with van der Waals surface area (Å²) in [7, 11) is -4.11. The summed E-state index contributed by atoms with van der Waals surface area (Å²) in [4.78, 5) is 32.6. The predicted molar refractivity (Wildman–Crippen MR) is 112 cm³/mol. The third kappa shape index (κ3) is 8.88. The Morgan fingerprint density at radius 1 is 1.10 bits per heavy atom. The highest BCUT2D eigenvalue weighted by atomic mass is 35.5. The zero-order valence-corrected chi connectivity index (χ0v) is 17.2. The summed E-state index contributed by atoms with van der Waals surface area (Å²) in [6.07, 6.45) is 0. The van der Waals surface area contributed by atoms with E-state index in [2.05, 4.69) is 10.6 Å². The number of nitrogens with two attached hydrogens (primary N) is 2. The third-order valence-corrected chi connectivity index (χ3v) is 4.60. The Morgan fingerprint density at radius 3 is 2.23 bits per heavy atom. The summed E-state index contributed by atoms with van der Waals surface area (Å²) in [5, 5.41) is 22.0. The average Bonchev–Trinajstić information content (AvgIpc) is 2.67. The molecular formula is C17H19ClN4O8S. The second kappa shape index (κ2) is 11.1. The summed E-state index contributed by atoms with van der Waals surface area (Å²) >= 11 is 5.80. The van der Waals surface area contributed by atoms with Crippen molar-refractivity contribution in [2.24, 2.45) is 5.73 Å². The smallest absolute Gasteiger partial charge is 0.335 e. The van der Waals surface area contributed by atoms with Crippen LogP contribution in [0.5, 0.6) is 0 Å². The molecule has 2 aromatic carbocycles. The maximum atomic E-state index is 11.5. The van der Waals surface area contributed by atoms with Crippen molar-refractivity contribution in [3.63, 3.8) is 0 Å². The van der Waals surface area contributed by atoms with Crippen molar-refractivity contribution in [3.8, 4) is 0 Å². The van der Waals surface area contributed by atoms with Crippen LogP contribution < -0.4 is 22.1 Å². The second-order valence-corrected chi connectivity index (χ2v) is 7.66. The van der Waals surface area contributed by atoms with Crippen molar-refractivity contribution in [3.05, 3.63) is 53.1 Å². The van der Waals surface area contributed by atoms with E-state index in [0.29, 0.717) is 5.69 Å². The molecule has 0 saturated heterocycles. The molecule has 0 unspecified atom stereocenters. The fourth-order valence-electron chi connectivity index (χ4n) is 1.89. The molecule has 2 amide bonds. The van der Waals surface area contributed by atoms with E-state index >= 15 is 0 Å². The number of amides is 2.